The Morgan fingerprint density at radius 3 is 2.59 bits per heavy atom. The van der Waals surface area contributed by atoms with Crippen LogP contribution in [0.4, 0.5) is 10.1 Å². The summed E-state index contributed by atoms with van der Waals surface area (Å²) in [6.07, 6.45) is 1.40. The fourth-order valence-corrected chi connectivity index (χ4v) is 1.49. The molecule has 2 rings (SSSR count). The highest BCUT2D eigenvalue weighted by Gasteiger charge is 2.02. The Bertz CT molecular complexity index is 526. The van der Waals surface area contributed by atoms with Gasteiger partial charge in [0.2, 0.25) is 0 Å². The summed E-state index contributed by atoms with van der Waals surface area (Å²) in [5.74, 6) is -0.465. The second-order valence-corrected chi connectivity index (χ2v) is 3.79. The number of hydrogen-bond donors (Lipinski definition) is 1. The lowest BCUT2D eigenvalue weighted by Gasteiger charge is -2.00. The summed E-state index contributed by atoms with van der Waals surface area (Å²) in [6.45, 7) is 0. The molecule has 2 aromatic rings. The van der Waals surface area contributed by atoms with Gasteiger partial charge in [0.1, 0.15) is 0 Å². The fraction of sp³-hybridized carbons (Fsp3) is 0. The summed E-state index contributed by atoms with van der Waals surface area (Å²) in [7, 11) is 0. The molecule has 2 aromatic carbocycles. The van der Waals surface area contributed by atoms with Gasteiger partial charge in [0.25, 0.3) is 0 Å². The minimum atomic E-state index is -0.465. The van der Waals surface area contributed by atoms with Crippen LogP contribution in [0, 0.1) is 5.82 Å². The number of nitrogens with one attached hydrogen (secondary N) is 1. The third kappa shape index (κ3) is 3.04. The lowest BCUT2D eigenvalue weighted by molar-refractivity contribution is 0.626. The average molecular weight is 249 g/mol. The van der Waals surface area contributed by atoms with E-state index < -0.39 is 5.82 Å². The Hall–Kier alpha value is -1.87. The standard InChI is InChI=1S/C13H10ClFN2/c14-12-8-4-5-10(13(12)15)9-16-17-11-6-2-1-3-7-11/h1-9,17H. The molecule has 0 saturated carbocycles. The number of anilines is 1. The molecule has 0 atom stereocenters. The number of benzene rings is 2. The van der Waals surface area contributed by atoms with Gasteiger partial charge in [-0.15, -0.1) is 0 Å². The third-order valence-corrected chi connectivity index (χ3v) is 2.44. The van der Waals surface area contributed by atoms with E-state index in [4.69, 9.17) is 11.6 Å². The van der Waals surface area contributed by atoms with Crippen molar-refractivity contribution in [1.29, 1.82) is 0 Å². The monoisotopic (exact) mass is 248 g/mol. The average Bonchev–Trinajstić information content (AvgIpc) is 2.36. The van der Waals surface area contributed by atoms with E-state index >= 15 is 0 Å². The summed E-state index contributed by atoms with van der Waals surface area (Å²) in [4.78, 5) is 0. The van der Waals surface area contributed by atoms with Crippen LogP contribution in [0.2, 0.25) is 5.02 Å². The number of rotatable bonds is 3. The summed E-state index contributed by atoms with van der Waals surface area (Å²) < 4.78 is 13.5. The van der Waals surface area contributed by atoms with E-state index in [0.717, 1.165) is 5.69 Å². The van der Waals surface area contributed by atoms with Gasteiger partial charge in [0, 0.05) is 5.56 Å². The van der Waals surface area contributed by atoms with E-state index in [2.05, 4.69) is 10.5 Å². The summed E-state index contributed by atoms with van der Waals surface area (Å²) in [5.41, 5.74) is 3.99. The molecule has 0 aliphatic rings. The number of halogens is 2. The Morgan fingerprint density at radius 1 is 1.06 bits per heavy atom. The minimum Gasteiger partial charge on any atom is -0.279 e. The first-order chi connectivity index (χ1) is 8.27. The third-order valence-electron chi connectivity index (χ3n) is 2.15. The molecule has 0 fully saturated rings. The molecule has 0 amide bonds. The van der Waals surface area contributed by atoms with Crippen LogP contribution in [0.15, 0.2) is 53.6 Å². The molecule has 0 bridgehead atoms. The Labute approximate surface area is 104 Å². The maximum absolute atomic E-state index is 13.5. The van der Waals surface area contributed by atoms with Crippen LogP contribution >= 0.6 is 11.6 Å². The van der Waals surface area contributed by atoms with E-state index in [1.54, 1.807) is 12.1 Å². The number of nitrogens with zero attached hydrogens (tertiary/aromatic N) is 1. The zero-order valence-electron chi connectivity index (χ0n) is 8.90. The number of hydrazone groups is 1. The van der Waals surface area contributed by atoms with Gasteiger partial charge in [0.05, 0.1) is 16.9 Å². The van der Waals surface area contributed by atoms with Crippen LogP contribution in [0.3, 0.4) is 0 Å². The van der Waals surface area contributed by atoms with Gasteiger partial charge >= 0.3 is 0 Å². The quantitative estimate of drug-likeness (QED) is 0.646. The Balaban J connectivity index is 2.09. The fourth-order valence-electron chi connectivity index (χ4n) is 1.31. The van der Waals surface area contributed by atoms with Crippen LogP contribution in [0.5, 0.6) is 0 Å². The highest BCUT2D eigenvalue weighted by Crippen LogP contribution is 2.16. The second-order valence-electron chi connectivity index (χ2n) is 3.38. The molecular formula is C13H10ClFN2. The molecule has 0 aliphatic heterocycles. The molecule has 0 aliphatic carbocycles. The van der Waals surface area contributed by atoms with E-state index in [0.29, 0.717) is 5.56 Å². The molecule has 17 heavy (non-hydrogen) atoms. The summed E-state index contributed by atoms with van der Waals surface area (Å²) >= 11 is 5.65. The largest absolute Gasteiger partial charge is 0.279 e. The van der Waals surface area contributed by atoms with E-state index in [1.807, 2.05) is 30.3 Å². The zero-order valence-corrected chi connectivity index (χ0v) is 9.66. The molecule has 0 heterocycles. The van der Waals surface area contributed by atoms with E-state index in [-0.39, 0.29) is 5.02 Å². The number of hydrogen-bond acceptors (Lipinski definition) is 2. The van der Waals surface area contributed by atoms with Gasteiger partial charge < -0.3 is 0 Å². The van der Waals surface area contributed by atoms with Crippen molar-refractivity contribution < 1.29 is 4.39 Å². The van der Waals surface area contributed by atoms with Gasteiger partial charge in [0.15, 0.2) is 5.82 Å². The van der Waals surface area contributed by atoms with Crippen molar-refractivity contribution in [3.05, 3.63) is 64.9 Å². The molecular weight excluding hydrogens is 239 g/mol. The maximum atomic E-state index is 13.5. The Morgan fingerprint density at radius 2 is 1.82 bits per heavy atom. The normalized spacial score (nSPS) is 10.7. The molecule has 2 nitrogen and oxygen atoms in total. The molecule has 0 radical (unpaired) electrons. The van der Waals surface area contributed by atoms with E-state index in [1.165, 1.54) is 12.3 Å². The van der Waals surface area contributed by atoms with Gasteiger partial charge in [-0.25, -0.2) is 4.39 Å². The Kier molecular flexibility index (Phi) is 3.73. The van der Waals surface area contributed by atoms with Crippen molar-refractivity contribution in [3.63, 3.8) is 0 Å². The van der Waals surface area contributed by atoms with Crippen LogP contribution in [0.1, 0.15) is 5.56 Å². The topological polar surface area (TPSA) is 24.4 Å². The highest BCUT2D eigenvalue weighted by molar-refractivity contribution is 6.31. The SMILES string of the molecule is Fc1c(Cl)cccc1C=NNc1ccccc1. The first-order valence-corrected chi connectivity index (χ1v) is 5.43. The van der Waals surface area contributed by atoms with E-state index in [9.17, 15) is 4.39 Å². The summed E-state index contributed by atoms with van der Waals surface area (Å²) in [5, 5.41) is 4.03. The summed E-state index contributed by atoms with van der Waals surface area (Å²) in [6, 6.07) is 14.2. The molecule has 0 unspecified atom stereocenters. The predicted octanol–water partition coefficient (Wildman–Crippen LogP) is 3.93. The lowest BCUT2D eigenvalue weighted by Crippen LogP contribution is -1.93. The first-order valence-electron chi connectivity index (χ1n) is 5.05. The molecule has 1 N–H and O–H groups in total. The van der Waals surface area contributed by atoms with Crippen molar-refractivity contribution in [1.82, 2.24) is 0 Å². The number of para-hydroxylation sites is 1. The van der Waals surface area contributed by atoms with Crippen molar-refractivity contribution in [2.24, 2.45) is 5.10 Å². The van der Waals surface area contributed by atoms with Crippen molar-refractivity contribution in [2.45, 2.75) is 0 Å². The van der Waals surface area contributed by atoms with Crippen LogP contribution in [0.25, 0.3) is 0 Å². The van der Waals surface area contributed by atoms with Crippen LogP contribution < -0.4 is 5.43 Å². The van der Waals surface area contributed by atoms with Crippen LogP contribution in [-0.2, 0) is 0 Å². The molecule has 0 aromatic heterocycles. The molecule has 4 heteroatoms. The predicted molar refractivity (Wildman–Crippen MR) is 69.1 cm³/mol. The second kappa shape index (κ2) is 5.46. The van der Waals surface area contributed by atoms with Gasteiger partial charge in [-0.1, -0.05) is 41.9 Å². The highest BCUT2D eigenvalue weighted by atomic mass is 35.5. The van der Waals surface area contributed by atoms with Gasteiger partial charge in [-0.3, -0.25) is 5.43 Å². The molecule has 86 valence electrons. The van der Waals surface area contributed by atoms with Crippen molar-refractivity contribution in [2.75, 3.05) is 5.43 Å². The van der Waals surface area contributed by atoms with Gasteiger partial charge in [-0.05, 0) is 18.2 Å². The lowest BCUT2D eigenvalue weighted by atomic mass is 10.2. The smallest absolute Gasteiger partial charge is 0.150 e. The molecule has 0 spiro atoms. The molecule has 0 saturated heterocycles. The van der Waals surface area contributed by atoms with Crippen molar-refractivity contribution in [3.8, 4) is 0 Å². The maximum Gasteiger partial charge on any atom is 0.150 e. The minimum absolute atomic E-state index is 0.0914. The zero-order chi connectivity index (χ0) is 12.1. The van der Waals surface area contributed by atoms with Crippen LogP contribution in [-0.4, -0.2) is 6.21 Å². The van der Waals surface area contributed by atoms with Gasteiger partial charge in [-0.2, -0.15) is 5.10 Å². The van der Waals surface area contributed by atoms with Crippen molar-refractivity contribution >= 4 is 23.5 Å². The first kappa shape index (κ1) is 11.6.